The first-order valence-electron chi connectivity index (χ1n) is 3.31. The van der Waals surface area contributed by atoms with Crippen LogP contribution in [0.4, 0.5) is 0 Å². The van der Waals surface area contributed by atoms with Gasteiger partial charge in [-0.15, -0.1) is 0 Å². The molecule has 0 spiro atoms. The molecule has 1 aromatic rings. The first kappa shape index (κ1) is 9.74. The molecular weight excluding hydrogens is 199 g/mol. The summed E-state index contributed by atoms with van der Waals surface area (Å²) in [5.74, 6) is 0. The average molecular weight is 207 g/mol. The molecule has 5 heteroatoms. The number of halogens is 2. The van der Waals surface area contributed by atoms with Crippen LogP contribution in [-0.4, -0.2) is 17.1 Å². The fourth-order valence-electron chi connectivity index (χ4n) is 0.775. The summed E-state index contributed by atoms with van der Waals surface area (Å²) < 4.78 is 0. The summed E-state index contributed by atoms with van der Waals surface area (Å²) in [5, 5.41) is 12.7. The molecule has 3 nitrogen and oxygen atoms in total. The summed E-state index contributed by atoms with van der Waals surface area (Å²) in [7, 11) is 1.62. The number of hydrogen-bond donors (Lipinski definition) is 2. The molecule has 0 aliphatic carbocycles. The van der Waals surface area contributed by atoms with E-state index in [0.29, 0.717) is 15.7 Å². The molecule has 12 heavy (non-hydrogen) atoms. The van der Waals surface area contributed by atoms with Crippen LogP contribution in [0.3, 0.4) is 0 Å². The summed E-state index contributed by atoms with van der Waals surface area (Å²) in [6, 6.07) is 1.49. The van der Waals surface area contributed by atoms with Crippen LogP contribution in [0.25, 0.3) is 0 Å². The summed E-state index contributed by atoms with van der Waals surface area (Å²) >= 11 is 11.3. The van der Waals surface area contributed by atoms with Gasteiger partial charge in [-0.2, -0.15) is 0 Å². The van der Waals surface area contributed by atoms with Crippen LogP contribution >= 0.6 is 23.2 Å². The van der Waals surface area contributed by atoms with E-state index in [2.05, 4.69) is 10.3 Å². The topological polar surface area (TPSA) is 45.1 Å². The van der Waals surface area contributed by atoms with Gasteiger partial charge in [0.2, 0.25) is 0 Å². The van der Waals surface area contributed by atoms with Crippen molar-refractivity contribution >= 4 is 23.2 Å². The lowest BCUT2D eigenvalue weighted by Gasteiger charge is -2.10. The average Bonchev–Trinajstić information content (AvgIpc) is 2.03. The Kier molecular flexibility index (Phi) is 3.29. The predicted octanol–water partition coefficient (Wildman–Crippen LogP) is 1.60. The van der Waals surface area contributed by atoms with E-state index in [1.807, 2.05) is 0 Å². The molecule has 1 aromatic heterocycles. The summed E-state index contributed by atoms with van der Waals surface area (Å²) in [6.07, 6.45) is 0.633. The minimum absolute atomic E-state index is 0.312. The Morgan fingerprint density at radius 1 is 1.58 bits per heavy atom. The normalized spacial score (nSPS) is 13.0. The Balaban J connectivity index is 3.01. The van der Waals surface area contributed by atoms with E-state index in [0.717, 1.165) is 0 Å². The van der Waals surface area contributed by atoms with Gasteiger partial charge in [-0.1, -0.05) is 23.2 Å². The van der Waals surface area contributed by atoms with Crippen molar-refractivity contribution in [1.29, 1.82) is 0 Å². The van der Waals surface area contributed by atoms with Gasteiger partial charge in [-0.3, -0.25) is 5.32 Å². The molecule has 0 amide bonds. The zero-order chi connectivity index (χ0) is 9.14. The second kappa shape index (κ2) is 4.05. The third kappa shape index (κ3) is 2.08. The summed E-state index contributed by atoms with van der Waals surface area (Å²) in [4.78, 5) is 3.79. The molecular formula is C7H8Cl2N2O. The third-order valence-electron chi connectivity index (χ3n) is 1.42. The second-order valence-corrected chi connectivity index (χ2v) is 3.01. The lowest BCUT2D eigenvalue weighted by atomic mass is 10.2. The van der Waals surface area contributed by atoms with E-state index in [9.17, 15) is 5.11 Å². The number of rotatable bonds is 2. The molecule has 0 bridgehead atoms. The molecule has 2 N–H and O–H groups in total. The molecule has 0 fully saturated rings. The minimum atomic E-state index is -0.803. The SMILES string of the molecule is CNC(O)c1cnc(Cl)cc1Cl. The molecule has 66 valence electrons. The Labute approximate surface area is 80.3 Å². The van der Waals surface area contributed by atoms with Crippen molar-refractivity contribution in [2.75, 3.05) is 7.05 Å². The van der Waals surface area contributed by atoms with Gasteiger partial charge in [0, 0.05) is 11.8 Å². The van der Waals surface area contributed by atoms with E-state index in [1.54, 1.807) is 7.05 Å². The maximum atomic E-state index is 9.32. The monoisotopic (exact) mass is 206 g/mol. The molecule has 1 heterocycles. The highest BCUT2D eigenvalue weighted by molar-refractivity contribution is 6.34. The van der Waals surface area contributed by atoms with E-state index >= 15 is 0 Å². The highest BCUT2D eigenvalue weighted by Crippen LogP contribution is 2.22. The molecule has 1 unspecified atom stereocenters. The van der Waals surface area contributed by atoms with Gasteiger partial charge in [0.15, 0.2) is 0 Å². The smallest absolute Gasteiger partial charge is 0.133 e. The maximum absolute atomic E-state index is 9.32. The number of pyridine rings is 1. The first-order chi connectivity index (χ1) is 5.65. The standard InChI is InChI=1S/C7H8Cl2N2O/c1-10-7(12)4-3-11-6(9)2-5(4)8/h2-3,7,10,12H,1H3. The second-order valence-electron chi connectivity index (χ2n) is 2.22. The maximum Gasteiger partial charge on any atom is 0.133 e. The molecule has 0 aliphatic rings. The number of aromatic nitrogens is 1. The van der Waals surface area contributed by atoms with Gasteiger partial charge in [-0.25, -0.2) is 4.98 Å². The predicted molar refractivity (Wildman–Crippen MR) is 48.3 cm³/mol. The minimum Gasteiger partial charge on any atom is -0.374 e. The number of nitrogens with zero attached hydrogens (tertiary/aromatic N) is 1. The van der Waals surface area contributed by atoms with Gasteiger partial charge >= 0.3 is 0 Å². The Morgan fingerprint density at radius 2 is 2.25 bits per heavy atom. The van der Waals surface area contributed by atoms with Crippen molar-refractivity contribution in [2.24, 2.45) is 0 Å². The molecule has 1 atom stereocenters. The lowest BCUT2D eigenvalue weighted by Crippen LogP contribution is -2.15. The van der Waals surface area contributed by atoms with Crippen LogP contribution in [0.2, 0.25) is 10.2 Å². The Morgan fingerprint density at radius 3 is 2.75 bits per heavy atom. The summed E-state index contributed by atoms with van der Waals surface area (Å²) in [5.41, 5.74) is 0.517. The van der Waals surface area contributed by atoms with Crippen LogP contribution in [-0.2, 0) is 0 Å². The van der Waals surface area contributed by atoms with Gasteiger partial charge in [0.1, 0.15) is 11.4 Å². The lowest BCUT2D eigenvalue weighted by molar-refractivity contribution is 0.149. The highest BCUT2D eigenvalue weighted by atomic mass is 35.5. The van der Waals surface area contributed by atoms with Gasteiger partial charge < -0.3 is 5.11 Å². The largest absolute Gasteiger partial charge is 0.374 e. The van der Waals surface area contributed by atoms with E-state index in [4.69, 9.17) is 23.2 Å². The molecule has 0 radical (unpaired) electrons. The first-order valence-corrected chi connectivity index (χ1v) is 4.07. The molecule has 0 aliphatic heterocycles. The highest BCUT2D eigenvalue weighted by Gasteiger charge is 2.09. The Bertz CT molecular complexity index is 280. The zero-order valence-corrected chi connectivity index (χ0v) is 7.89. The van der Waals surface area contributed by atoms with E-state index < -0.39 is 6.23 Å². The fraction of sp³-hybridized carbons (Fsp3) is 0.286. The number of nitrogens with one attached hydrogen (secondary N) is 1. The van der Waals surface area contributed by atoms with Crippen molar-refractivity contribution in [3.8, 4) is 0 Å². The molecule has 1 rings (SSSR count). The van der Waals surface area contributed by atoms with Gasteiger partial charge in [-0.05, 0) is 13.1 Å². The van der Waals surface area contributed by atoms with Crippen molar-refractivity contribution in [2.45, 2.75) is 6.23 Å². The molecule has 0 aromatic carbocycles. The van der Waals surface area contributed by atoms with Crippen LogP contribution in [0, 0.1) is 0 Å². The molecule has 0 saturated carbocycles. The van der Waals surface area contributed by atoms with Crippen molar-refractivity contribution < 1.29 is 5.11 Å². The zero-order valence-electron chi connectivity index (χ0n) is 6.38. The van der Waals surface area contributed by atoms with Crippen LogP contribution in [0.15, 0.2) is 12.3 Å². The Hall–Kier alpha value is -0.350. The molecule has 0 saturated heterocycles. The summed E-state index contributed by atoms with van der Waals surface area (Å²) in [6.45, 7) is 0. The third-order valence-corrected chi connectivity index (χ3v) is 1.95. The fourth-order valence-corrected chi connectivity index (χ4v) is 1.24. The van der Waals surface area contributed by atoms with Crippen molar-refractivity contribution in [1.82, 2.24) is 10.3 Å². The number of aliphatic hydroxyl groups is 1. The van der Waals surface area contributed by atoms with Gasteiger partial charge in [0.25, 0.3) is 0 Å². The van der Waals surface area contributed by atoms with Crippen LogP contribution < -0.4 is 5.32 Å². The van der Waals surface area contributed by atoms with E-state index in [-0.39, 0.29) is 0 Å². The van der Waals surface area contributed by atoms with Crippen molar-refractivity contribution in [3.63, 3.8) is 0 Å². The van der Waals surface area contributed by atoms with Crippen LogP contribution in [0.5, 0.6) is 0 Å². The van der Waals surface area contributed by atoms with Gasteiger partial charge in [0.05, 0.1) is 5.02 Å². The van der Waals surface area contributed by atoms with Crippen molar-refractivity contribution in [3.05, 3.63) is 28.0 Å². The quantitative estimate of drug-likeness (QED) is 0.571. The number of aliphatic hydroxyl groups excluding tert-OH is 1. The van der Waals surface area contributed by atoms with Crippen LogP contribution in [0.1, 0.15) is 11.8 Å². The van der Waals surface area contributed by atoms with E-state index in [1.165, 1.54) is 12.3 Å². The number of hydrogen-bond acceptors (Lipinski definition) is 3.